The Balaban J connectivity index is 4.47. The summed E-state index contributed by atoms with van der Waals surface area (Å²) in [4.78, 5) is 10.1. The van der Waals surface area contributed by atoms with Crippen LogP contribution in [0.25, 0.3) is 0 Å². The molecule has 16 heavy (non-hydrogen) atoms. The van der Waals surface area contributed by atoms with E-state index in [-0.39, 0.29) is 6.29 Å². The van der Waals surface area contributed by atoms with Crippen molar-refractivity contribution in [1.82, 2.24) is 0 Å². The van der Waals surface area contributed by atoms with E-state index in [2.05, 4.69) is 0 Å². The number of rotatable bonds is 7. The van der Waals surface area contributed by atoms with Crippen molar-refractivity contribution < 1.29 is 40.5 Å². The van der Waals surface area contributed by atoms with Crippen LogP contribution in [0.4, 0.5) is 0 Å². The lowest BCUT2D eigenvalue weighted by Gasteiger charge is -2.29. The van der Waals surface area contributed by atoms with Crippen LogP contribution in [0.2, 0.25) is 0 Å². The van der Waals surface area contributed by atoms with Crippen molar-refractivity contribution in [1.29, 1.82) is 0 Å². The summed E-state index contributed by atoms with van der Waals surface area (Å²) in [5.41, 5.74) is 0. The van der Waals surface area contributed by atoms with Gasteiger partial charge in [-0.25, -0.2) is 0 Å². The van der Waals surface area contributed by atoms with Gasteiger partial charge < -0.3 is 40.5 Å². The van der Waals surface area contributed by atoms with Crippen molar-refractivity contribution in [2.75, 3.05) is 6.61 Å². The third-order valence-corrected chi connectivity index (χ3v) is 2.12. The van der Waals surface area contributed by atoms with Crippen LogP contribution >= 0.6 is 0 Å². The van der Waals surface area contributed by atoms with Gasteiger partial charge in [0, 0.05) is 0 Å². The molecule has 0 aromatic carbocycles. The zero-order chi connectivity index (χ0) is 12.9. The Morgan fingerprint density at radius 1 is 0.812 bits per heavy atom. The Morgan fingerprint density at radius 3 is 1.62 bits per heavy atom. The van der Waals surface area contributed by atoms with E-state index in [0.717, 1.165) is 0 Å². The van der Waals surface area contributed by atoms with Gasteiger partial charge in [0.2, 0.25) is 0 Å². The predicted octanol–water partition coefficient (Wildman–Crippen LogP) is -4.66. The van der Waals surface area contributed by atoms with Gasteiger partial charge in [0.15, 0.2) is 6.29 Å². The van der Waals surface area contributed by atoms with Crippen LogP contribution in [-0.2, 0) is 4.79 Å². The highest BCUT2D eigenvalue weighted by molar-refractivity contribution is 5.56. The summed E-state index contributed by atoms with van der Waals surface area (Å²) >= 11 is 0. The van der Waals surface area contributed by atoms with E-state index in [0.29, 0.717) is 0 Å². The second-order valence-electron chi connectivity index (χ2n) is 3.34. The van der Waals surface area contributed by atoms with E-state index in [1.54, 1.807) is 0 Å². The molecule has 0 aromatic rings. The van der Waals surface area contributed by atoms with E-state index in [4.69, 9.17) is 25.5 Å². The molecule has 6 atom stereocenters. The number of hydrogen-bond donors (Lipinski definition) is 7. The number of aldehydes is 1. The highest BCUT2D eigenvalue weighted by Gasteiger charge is 2.36. The Bertz CT molecular complexity index is 210. The summed E-state index contributed by atoms with van der Waals surface area (Å²) in [5, 5.41) is 63.0. The van der Waals surface area contributed by atoms with Gasteiger partial charge in [0.25, 0.3) is 0 Å². The normalized spacial score (nSPS) is 22.9. The summed E-state index contributed by atoms with van der Waals surface area (Å²) in [7, 11) is 0. The van der Waals surface area contributed by atoms with Gasteiger partial charge in [-0.15, -0.1) is 0 Å². The minimum atomic E-state index is -2.05. The lowest BCUT2D eigenvalue weighted by atomic mass is 9.97. The molecule has 7 N–H and O–H groups in total. The molecular weight excluding hydrogens is 224 g/mol. The van der Waals surface area contributed by atoms with Crippen LogP contribution in [0.3, 0.4) is 0 Å². The molecule has 0 fully saturated rings. The van der Waals surface area contributed by atoms with Crippen LogP contribution in [0.15, 0.2) is 0 Å². The van der Waals surface area contributed by atoms with Crippen molar-refractivity contribution in [3.05, 3.63) is 0 Å². The Kier molecular flexibility index (Phi) is 6.60. The molecule has 0 aliphatic carbocycles. The lowest BCUT2D eigenvalue weighted by molar-refractivity contribution is -0.159. The van der Waals surface area contributed by atoms with Gasteiger partial charge >= 0.3 is 0 Å². The van der Waals surface area contributed by atoms with Crippen molar-refractivity contribution in [2.45, 2.75) is 36.6 Å². The molecule has 0 heterocycles. The smallest absolute Gasteiger partial charge is 0.151 e. The van der Waals surface area contributed by atoms with Crippen LogP contribution in [-0.4, -0.2) is 85.3 Å². The molecule has 0 aliphatic heterocycles. The Labute approximate surface area is 91.0 Å². The van der Waals surface area contributed by atoms with Gasteiger partial charge in [-0.3, -0.25) is 0 Å². The van der Waals surface area contributed by atoms with E-state index in [1.165, 1.54) is 0 Å². The lowest BCUT2D eigenvalue weighted by Crippen LogP contribution is -2.53. The summed E-state index contributed by atoms with van der Waals surface area (Å²) in [5.74, 6) is 0. The molecule has 0 amide bonds. The third kappa shape index (κ3) is 3.76. The zero-order valence-corrected chi connectivity index (χ0v) is 8.29. The minimum Gasteiger partial charge on any atom is -0.394 e. The molecule has 0 radical (unpaired) electrons. The third-order valence-electron chi connectivity index (χ3n) is 2.12. The number of carbonyl (C=O) groups is 1. The second kappa shape index (κ2) is 6.86. The summed E-state index contributed by atoms with van der Waals surface area (Å²) in [6, 6.07) is 0. The molecule has 0 bridgehead atoms. The number of aliphatic hydroxyl groups excluding tert-OH is 7. The zero-order valence-electron chi connectivity index (χ0n) is 8.29. The van der Waals surface area contributed by atoms with Crippen LogP contribution < -0.4 is 0 Å². The first-order valence-corrected chi connectivity index (χ1v) is 4.51. The van der Waals surface area contributed by atoms with Crippen LogP contribution in [0.5, 0.6) is 0 Å². The molecule has 0 spiro atoms. The first-order valence-electron chi connectivity index (χ1n) is 4.51. The van der Waals surface area contributed by atoms with Crippen LogP contribution in [0, 0.1) is 0 Å². The molecule has 0 aliphatic rings. The maximum absolute atomic E-state index is 10.1. The Hall–Kier alpha value is -0.610. The molecule has 8 heteroatoms. The fourth-order valence-electron chi connectivity index (χ4n) is 1.02. The van der Waals surface area contributed by atoms with Crippen molar-refractivity contribution in [3.63, 3.8) is 0 Å². The number of hydrogen-bond acceptors (Lipinski definition) is 8. The van der Waals surface area contributed by atoms with Gasteiger partial charge in [0.1, 0.15) is 36.6 Å². The highest BCUT2D eigenvalue weighted by atomic mass is 16.4. The highest BCUT2D eigenvalue weighted by Crippen LogP contribution is 2.10. The largest absolute Gasteiger partial charge is 0.394 e. The topological polar surface area (TPSA) is 159 Å². The number of carbonyl (C=O) groups excluding carboxylic acids is 1. The molecular formula is C8H16O8. The first-order chi connectivity index (χ1) is 7.36. The maximum Gasteiger partial charge on any atom is 0.151 e. The fourth-order valence-corrected chi connectivity index (χ4v) is 1.02. The van der Waals surface area contributed by atoms with Crippen molar-refractivity contribution in [3.8, 4) is 0 Å². The second-order valence-corrected chi connectivity index (χ2v) is 3.34. The average Bonchev–Trinajstić information content (AvgIpc) is 2.32. The number of aliphatic hydroxyl groups is 7. The van der Waals surface area contributed by atoms with Gasteiger partial charge in [-0.05, 0) is 0 Å². The maximum atomic E-state index is 10.1. The molecule has 0 rings (SSSR count). The summed E-state index contributed by atoms with van der Waals surface area (Å²) in [6.07, 6.45) is -11.7. The van der Waals surface area contributed by atoms with Crippen molar-refractivity contribution >= 4 is 6.29 Å². The molecule has 0 unspecified atom stereocenters. The SMILES string of the molecule is O=C[C@@H](O)[C@@H](O)[C@@H](O)[C@@H](O)[C@H](O)[C@H](O)CO. The monoisotopic (exact) mass is 240 g/mol. The first kappa shape index (κ1) is 15.4. The van der Waals surface area contributed by atoms with E-state index in [1.807, 2.05) is 0 Å². The van der Waals surface area contributed by atoms with E-state index < -0.39 is 43.2 Å². The molecule has 0 saturated heterocycles. The molecule has 0 saturated carbocycles. The molecule has 8 nitrogen and oxygen atoms in total. The van der Waals surface area contributed by atoms with E-state index in [9.17, 15) is 15.0 Å². The van der Waals surface area contributed by atoms with Gasteiger partial charge in [0.05, 0.1) is 6.61 Å². The van der Waals surface area contributed by atoms with Crippen molar-refractivity contribution in [2.24, 2.45) is 0 Å². The minimum absolute atomic E-state index is 0.0601. The quantitative estimate of drug-likeness (QED) is 0.219. The summed E-state index contributed by atoms with van der Waals surface area (Å²) in [6.45, 7) is -0.864. The standard InChI is InChI=1S/C8H16O8/c9-1-3(11)5(13)7(15)8(16)6(14)4(12)2-10/h1,3-8,10-16H,2H2/t3-,4-,5-,6-,7-,8+/m1/s1. The fraction of sp³-hybridized carbons (Fsp3) is 0.875. The molecule has 96 valence electrons. The van der Waals surface area contributed by atoms with Crippen LogP contribution in [0.1, 0.15) is 0 Å². The average molecular weight is 240 g/mol. The summed E-state index contributed by atoms with van der Waals surface area (Å²) < 4.78 is 0. The predicted molar refractivity (Wildman–Crippen MR) is 49.2 cm³/mol. The van der Waals surface area contributed by atoms with Gasteiger partial charge in [-0.1, -0.05) is 0 Å². The molecule has 0 aromatic heterocycles. The Morgan fingerprint density at radius 2 is 1.25 bits per heavy atom. The van der Waals surface area contributed by atoms with Gasteiger partial charge in [-0.2, -0.15) is 0 Å². The van der Waals surface area contributed by atoms with E-state index >= 15 is 0 Å².